The minimum absolute atomic E-state index is 0.0228. The third kappa shape index (κ3) is 3.88. The maximum absolute atomic E-state index is 12.0. The number of para-hydroxylation sites is 1. The Morgan fingerprint density at radius 1 is 1.33 bits per heavy atom. The summed E-state index contributed by atoms with van der Waals surface area (Å²) in [4.78, 5) is 26.7. The molecule has 0 fully saturated rings. The number of thiazole rings is 1. The minimum Gasteiger partial charge on any atom is -0.476 e. The van der Waals surface area contributed by atoms with Crippen LogP contribution in [0.15, 0.2) is 29.6 Å². The fourth-order valence-electron chi connectivity index (χ4n) is 1.94. The molecule has 0 aliphatic rings. The van der Waals surface area contributed by atoms with Gasteiger partial charge < -0.3 is 10.4 Å². The van der Waals surface area contributed by atoms with Gasteiger partial charge in [-0.2, -0.15) is 0 Å². The van der Waals surface area contributed by atoms with Gasteiger partial charge in [-0.05, 0) is 17.5 Å². The molecule has 0 bridgehead atoms. The molecule has 1 aromatic carbocycles. The van der Waals surface area contributed by atoms with Crippen LogP contribution >= 0.6 is 11.3 Å². The van der Waals surface area contributed by atoms with Crippen molar-refractivity contribution in [2.75, 3.05) is 5.32 Å². The van der Waals surface area contributed by atoms with Crippen LogP contribution < -0.4 is 5.32 Å². The summed E-state index contributed by atoms with van der Waals surface area (Å²) in [6, 6.07) is 7.64. The van der Waals surface area contributed by atoms with E-state index in [1.807, 2.05) is 24.3 Å². The standard InChI is InChI=1S/C15H16N2O3S/c1-9(2)10-5-3-4-6-11(10)16-13(18)7-14-17-12(8-21-14)15(19)20/h3-6,8-9H,7H2,1-2H3,(H,16,18)(H,19,20). The number of carbonyl (C=O) groups is 2. The maximum Gasteiger partial charge on any atom is 0.355 e. The second kappa shape index (κ2) is 6.49. The average Bonchev–Trinajstić information content (AvgIpc) is 2.87. The summed E-state index contributed by atoms with van der Waals surface area (Å²) in [5.74, 6) is -0.975. The fourth-order valence-corrected chi connectivity index (χ4v) is 2.70. The number of nitrogens with zero attached hydrogens (tertiary/aromatic N) is 1. The molecule has 1 heterocycles. The van der Waals surface area contributed by atoms with E-state index in [0.29, 0.717) is 10.9 Å². The van der Waals surface area contributed by atoms with E-state index in [0.717, 1.165) is 11.3 Å². The summed E-state index contributed by atoms with van der Waals surface area (Å²) in [5, 5.41) is 13.6. The Morgan fingerprint density at radius 2 is 2.05 bits per heavy atom. The second-order valence-electron chi connectivity index (χ2n) is 4.90. The number of carboxylic acid groups (broad SMARTS) is 1. The highest BCUT2D eigenvalue weighted by atomic mass is 32.1. The van der Waals surface area contributed by atoms with Gasteiger partial charge in [-0.15, -0.1) is 11.3 Å². The zero-order valence-electron chi connectivity index (χ0n) is 11.8. The van der Waals surface area contributed by atoms with E-state index in [2.05, 4.69) is 24.1 Å². The van der Waals surface area contributed by atoms with E-state index < -0.39 is 5.97 Å². The van der Waals surface area contributed by atoms with Gasteiger partial charge in [0.2, 0.25) is 5.91 Å². The van der Waals surface area contributed by atoms with E-state index in [4.69, 9.17) is 5.11 Å². The summed E-state index contributed by atoms with van der Waals surface area (Å²) in [6.45, 7) is 4.12. The minimum atomic E-state index is -1.08. The van der Waals surface area contributed by atoms with Gasteiger partial charge in [-0.25, -0.2) is 9.78 Å². The molecule has 0 radical (unpaired) electrons. The summed E-state index contributed by atoms with van der Waals surface area (Å²) in [7, 11) is 0. The van der Waals surface area contributed by atoms with Gasteiger partial charge in [-0.1, -0.05) is 32.0 Å². The van der Waals surface area contributed by atoms with Crippen molar-refractivity contribution in [1.29, 1.82) is 0 Å². The van der Waals surface area contributed by atoms with Crippen molar-refractivity contribution < 1.29 is 14.7 Å². The predicted molar refractivity (Wildman–Crippen MR) is 81.9 cm³/mol. The van der Waals surface area contributed by atoms with E-state index in [1.54, 1.807) is 0 Å². The van der Waals surface area contributed by atoms with Gasteiger partial charge in [0.15, 0.2) is 5.69 Å². The third-order valence-electron chi connectivity index (χ3n) is 2.94. The quantitative estimate of drug-likeness (QED) is 0.889. The smallest absolute Gasteiger partial charge is 0.355 e. The van der Waals surface area contributed by atoms with Crippen LogP contribution in [0.25, 0.3) is 0 Å². The molecule has 2 N–H and O–H groups in total. The van der Waals surface area contributed by atoms with Crippen LogP contribution in [-0.4, -0.2) is 22.0 Å². The van der Waals surface area contributed by atoms with Crippen LogP contribution in [0.1, 0.15) is 40.8 Å². The van der Waals surface area contributed by atoms with Crippen molar-refractivity contribution >= 4 is 28.9 Å². The Bertz CT molecular complexity index is 664. The summed E-state index contributed by atoms with van der Waals surface area (Å²) >= 11 is 1.17. The number of aromatic carboxylic acids is 1. The topological polar surface area (TPSA) is 79.3 Å². The van der Waals surface area contributed by atoms with Crippen molar-refractivity contribution in [2.24, 2.45) is 0 Å². The highest BCUT2D eigenvalue weighted by Crippen LogP contribution is 2.24. The van der Waals surface area contributed by atoms with Crippen molar-refractivity contribution in [3.8, 4) is 0 Å². The van der Waals surface area contributed by atoms with Crippen molar-refractivity contribution in [3.05, 3.63) is 45.9 Å². The Morgan fingerprint density at radius 3 is 2.67 bits per heavy atom. The SMILES string of the molecule is CC(C)c1ccccc1NC(=O)Cc1nc(C(=O)O)cs1. The molecule has 0 atom stereocenters. The first-order chi connectivity index (χ1) is 9.97. The van der Waals surface area contributed by atoms with E-state index in [1.165, 1.54) is 16.7 Å². The Hall–Kier alpha value is -2.21. The fraction of sp³-hybridized carbons (Fsp3) is 0.267. The van der Waals surface area contributed by atoms with E-state index in [-0.39, 0.29) is 18.0 Å². The summed E-state index contributed by atoms with van der Waals surface area (Å²) in [6.07, 6.45) is 0.0738. The second-order valence-corrected chi connectivity index (χ2v) is 5.84. The molecule has 0 spiro atoms. The number of benzene rings is 1. The third-order valence-corrected chi connectivity index (χ3v) is 3.79. The molecule has 110 valence electrons. The number of carboxylic acids is 1. The lowest BCUT2D eigenvalue weighted by Crippen LogP contribution is -2.16. The molecule has 1 aromatic heterocycles. The largest absolute Gasteiger partial charge is 0.476 e. The summed E-state index contributed by atoms with van der Waals surface area (Å²) < 4.78 is 0. The number of rotatable bonds is 5. The van der Waals surface area contributed by atoms with Crippen LogP contribution in [-0.2, 0) is 11.2 Å². The zero-order chi connectivity index (χ0) is 15.4. The molecule has 0 saturated heterocycles. The van der Waals surface area contributed by atoms with Gasteiger partial charge >= 0.3 is 5.97 Å². The van der Waals surface area contributed by atoms with Crippen LogP contribution in [0.3, 0.4) is 0 Å². The molecule has 0 aliphatic heterocycles. The number of hydrogen-bond acceptors (Lipinski definition) is 4. The zero-order valence-corrected chi connectivity index (χ0v) is 12.6. The van der Waals surface area contributed by atoms with Crippen LogP contribution in [0.5, 0.6) is 0 Å². The number of hydrogen-bond donors (Lipinski definition) is 2. The lowest BCUT2D eigenvalue weighted by molar-refractivity contribution is -0.115. The molecule has 5 nitrogen and oxygen atoms in total. The van der Waals surface area contributed by atoms with Gasteiger partial charge in [0.05, 0.1) is 6.42 Å². The number of carbonyl (C=O) groups excluding carboxylic acids is 1. The van der Waals surface area contributed by atoms with Gasteiger partial charge in [0, 0.05) is 11.1 Å². The molecular weight excluding hydrogens is 288 g/mol. The first-order valence-electron chi connectivity index (χ1n) is 6.54. The molecule has 1 amide bonds. The first-order valence-corrected chi connectivity index (χ1v) is 7.42. The monoisotopic (exact) mass is 304 g/mol. The molecule has 0 saturated carbocycles. The molecule has 6 heteroatoms. The van der Waals surface area contributed by atoms with Gasteiger partial charge in [0.25, 0.3) is 0 Å². The van der Waals surface area contributed by atoms with E-state index >= 15 is 0 Å². The highest BCUT2D eigenvalue weighted by Gasteiger charge is 2.13. The lowest BCUT2D eigenvalue weighted by atomic mass is 10.0. The van der Waals surface area contributed by atoms with Gasteiger partial charge in [0.1, 0.15) is 5.01 Å². The maximum atomic E-state index is 12.0. The molecule has 0 aliphatic carbocycles. The van der Waals surface area contributed by atoms with Crippen molar-refractivity contribution in [1.82, 2.24) is 4.98 Å². The number of amides is 1. The van der Waals surface area contributed by atoms with Gasteiger partial charge in [-0.3, -0.25) is 4.79 Å². The molecule has 0 unspecified atom stereocenters. The molecule has 2 rings (SSSR count). The first kappa shape index (κ1) is 15.2. The number of anilines is 1. The van der Waals surface area contributed by atoms with Crippen molar-refractivity contribution in [2.45, 2.75) is 26.2 Å². The predicted octanol–water partition coefficient (Wildman–Crippen LogP) is 3.15. The normalized spacial score (nSPS) is 10.6. The molecule has 2 aromatic rings. The van der Waals surface area contributed by atoms with E-state index in [9.17, 15) is 9.59 Å². The lowest BCUT2D eigenvalue weighted by Gasteiger charge is -2.13. The Balaban J connectivity index is 2.06. The summed E-state index contributed by atoms with van der Waals surface area (Å²) in [5.41, 5.74) is 1.83. The molecular formula is C15H16N2O3S. The van der Waals surface area contributed by atoms with Crippen LogP contribution in [0, 0.1) is 0 Å². The highest BCUT2D eigenvalue weighted by molar-refractivity contribution is 7.09. The van der Waals surface area contributed by atoms with Crippen LogP contribution in [0.4, 0.5) is 5.69 Å². The van der Waals surface area contributed by atoms with Crippen molar-refractivity contribution in [3.63, 3.8) is 0 Å². The molecule has 21 heavy (non-hydrogen) atoms. The Kier molecular flexibility index (Phi) is 4.70. The number of nitrogens with one attached hydrogen (secondary N) is 1. The van der Waals surface area contributed by atoms with Crippen LogP contribution in [0.2, 0.25) is 0 Å². The Labute approximate surface area is 126 Å². The number of aromatic nitrogens is 1. The average molecular weight is 304 g/mol.